The molecule has 12 heteroatoms. The Morgan fingerprint density at radius 3 is 2.82 bits per heavy atom. The second-order valence-electron chi connectivity index (χ2n) is 9.16. The van der Waals surface area contributed by atoms with Gasteiger partial charge < -0.3 is 24.8 Å². The van der Waals surface area contributed by atoms with Gasteiger partial charge >= 0.3 is 6.61 Å². The van der Waals surface area contributed by atoms with Gasteiger partial charge in [0, 0.05) is 17.8 Å². The molecule has 0 radical (unpaired) electrons. The first-order chi connectivity index (χ1) is 16.3. The summed E-state index contributed by atoms with van der Waals surface area (Å²) in [5, 5.41) is 8.67. The Kier molecular flexibility index (Phi) is 5.67. The molecule has 9 nitrogen and oxygen atoms in total. The number of carbonyl (C=O) groups is 1. The zero-order chi connectivity index (χ0) is 24.0. The van der Waals surface area contributed by atoms with Crippen molar-refractivity contribution in [1.29, 1.82) is 0 Å². The lowest BCUT2D eigenvalue weighted by atomic mass is 9.59. The fraction of sp³-hybridized carbons (Fsp3) is 0.545. The van der Waals surface area contributed by atoms with Crippen LogP contribution in [0.5, 0.6) is 5.75 Å². The Morgan fingerprint density at radius 2 is 2.18 bits per heavy atom. The highest BCUT2D eigenvalue weighted by atomic mass is 32.1. The average molecular weight is 494 g/mol. The number of nitrogens with one attached hydrogen (secondary N) is 2. The summed E-state index contributed by atoms with van der Waals surface area (Å²) in [6.07, 6.45) is 5.16. The van der Waals surface area contributed by atoms with Crippen LogP contribution in [0.25, 0.3) is 0 Å². The van der Waals surface area contributed by atoms with Crippen LogP contribution in [0.1, 0.15) is 48.1 Å². The van der Waals surface area contributed by atoms with Crippen molar-refractivity contribution >= 4 is 29.1 Å². The molecule has 3 fully saturated rings. The summed E-state index contributed by atoms with van der Waals surface area (Å²) in [7, 11) is 1.66. The van der Waals surface area contributed by atoms with Gasteiger partial charge in [-0.1, -0.05) is 6.92 Å². The van der Waals surface area contributed by atoms with Crippen molar-refractivity contribution in [2.75, 3.05) is 25.6 Å². The summed E-state index contributed by atoms with van der Waals surface area (Å²) in [4.78, 5) is 25.4. The summed E-state index contributed by atoms with van der Waals surface area (Å²) in [5.41, 5.74) is -0.997. The lowest BCUT2D eigenvalue weighted by molar-refractivity contribution is -0.220. The van der Waals surface area contributed by atoms with Gasteiger partial charge in [-0.25, -0.2) is 15.0 Å². The number of amides is 1. The van der Waals surface area contributed by atoms with Crippen molar-refractivity contribution in [3.63, 3.8) is 0 Å². The predicted molar refractivity (Wildman–Crippen MR) is 120 cm³/mol. The largest absolute Gasteiger partial charge is 0.465 e. The Hall–Kier alpha value is -2.86. The molecule has 2 atom stereocenters. The van der Waals surface area contributed by atoms with Crippen molar-refractivity contribution in [2.45, 2.75) is 50.4 Å². The van der Waals surface area contributed by atoms with Gasteiger partial charge in [-0.2, -0.15) is 8.78 Å². The van der Waals surface area contributed by atoms with E-state index in [4.69, 9.17) is 14.5 Å². The molecule has 5 rings (SSSR count). The average Bonchev–Trinajstić information content (AvgIpc) is 3.26. The quantitative estimate of drug-likeness (QED) is 0.656. The van der Waals surface area contributed by atoms with Gasteiger partial charge in [0.2, 0.25) is 0 Å². The minimum Gasteiger partial charge on any atom is -0.465 e. The lowest BCUT2D eigenvalue weighted by Gasteiger charge is -2.60. The second kappa shape index (κ2) is 8.42. The van der Waals surface area contributed by atoms with Gasteiger partial charge in [-0.05, 0) is 37.8 Å². The molecule has 2 N–H and O–H groups in total. The maximum absolute atomic E-state index is 12.6. The van der Waals surface area contributed by atoms with Gasteiger partial charge in [0.15, 0.2) is 0 Å². The molecule has 1 aliphatic carbocycles. The molecule has 0 bridgehead atoms. The van der Waals surface area contributed by atoms with E-state index in [0.29, 0.717) is 25.1 Å². The normalized spacial score (nSPS) is 28.6. The van der Waals surface area contributed by atoms with Crippen molar-refractivity contribution in [3.8, 4) is 5.75 Å². The number of fused-ring (bicyclic) bond motifs is 1. The van der Waals surface area contributed by atoms with Crippen LogP contribution in [-0.4, -0.2) is 54.4 Å². The Bertz CT molecular complexity index is 1110. The third-order valence-electron chi connectivity index (χ3n) is 6.96. The van der Waals surface area contributed by atoms with Crippen LogP contribution in [0.4, 0.5) is 14.6 Å². The molecule has 1 saturated carbocycles. The molecule has 4 heterocycles. The number of rotatable bonds is 5. The third kappa shape index (κ3) is 3.88. The number of aromatic nitrogens is 2. The van der Waals surface area contributed by atoms with E-state index in [1.165, 1.54) is 23.5 Å². The van der Waals surface area contributed by atoms with Gasteiger partial charge in [0.05, 0.1) is 25.0 Å². The summed E-state index contributed by atoms with van der Waals surface area (Å²) in [6, 6.07) is 3.01. The van der Waals surface area contributed by atoms with Crippen LogP contribution < -0.4 is 15.4 Å². The van der Waals surface area contributed by atoms with Crippen molar-refractivity contribution < 1.29 is 27.8 Å². The number of hydrogen-bond acceptors (Lipinski definition) is 8. The minimum absolute atomic E-state index is 0.0525. The maximum Gasteiger partial charge on any atom is 0.387 e. The van der Waals surface area contributed by atoms with Crippen LogP contribution in [0, 0.1) is 5.41 Å². The van der Waals surface area contributed by atoms with Gasteiger partial charge in [-0.3, -0.25) is 4.79 Å². The van der Waals surface area contributed by atoms with Crippen LogP contribution >= 0.6 is 11.3 Å². The fourth-order valence-corrected chi connectivity index (χ4v) is 5.98. The highest BCUT2D eigenvalue weighted by Gasteiger charge is 2.63. The van der Waals surface area contributed by atoms with E-state index in [1.807, 2.05) is 0 Å². The molecule has 2 aliphatic heterocycles. The molecule has 2 aromatic heterocycles. The van der Waals surface area contributed by atoms with Crippen LogP contribution in [0.3, 0.4) is 0 Å². The van der Waals surface area contributed by atoms with Crippen LogP contribution in [-0.2, 0) is 15.0 Å². The van der Waals surface area contributed by atoms with Gasteiger partial charge in [0.25, 0.3) is 11.9 Å². The Balaban J connectivity index is 1.37. The summed E-state index contributed by atoms with van der Waals surface area (Å²) >= 11 is 1.41. The number of thiazole rings is 1. The van der Waals surface area contributed by atoms with Crippen molar-refractivity contribution in [1.82, 2.24) is 15.3 Å². The zero-order valence-corrected chi connectivity index (χ0v) is 19.6. The predicted octanol–water partition coefficient (Wildman–Crippen LogP) is 3.54. The number of ether oxygens (including phenoxy) is 3. The van der Waals surface area contributed by atoms with Crippen molar-refractivity contribution in [3.05, 3.63) is 34.4 Å². The summed E-state index contributed by atoms with van der Waals surface area (Å²) in [5.74, 6) is -0.269. The van der Waals surface area contributed by atoms with E-state index in [9.17, 15) is 13.6 Å². The molecule has 2 saturated heterocycles. The first kappa shape index (κ1) is 22.9. The zero-order valence-electron chi connectivity index (χ0n) is 18.8. The SMILES string of the molecule is CN=C1N[C@@]2(c3nc(NC(=O)c4ccc(OC(F)F)cn4)cs3)COC3(CCC3)CC2(C)CO1. The molecule has 1 amide bonds. The number of pyridine rings is 1. The summed E-state index contributed by atoms with van der Waals surface area (Å²) < 4.78 is 41.2. The van der Waals surface area contributed by atoms with E-state index >= 15 is 0 Å². The maximum atomic E-state index is 12.6. The van der Waals surface area contributed by atoms with E-state index in [0.717, 1.165) is 36.9 Å². The highest BCUT2D eigenvalue weighted by molar-refractivity contribution is 7.10. The first-order valence-electron chi connectivity index (χ1n) is 11.0. The molecule has 182 valence electrons. The van der Waals surface area contributed by atoms with Gasteiger partial charge in [0.1, 0.15) is 27.8 Å². The topological polar surface area (TPSA) is 107 Å². The first-order valence-corrected chi connectivity index (χ1v) is 11.8. The number of aliphatic imine (C=N–C) groups is 1. The highest BCUT2D eigenvalue weighted by Crippen LogP contribution is 2.57. The molecule has 1 unspecified atom stereocenters. The molecule has 34 heavy (non-hydrogen) atoms. The third-order valence-corrected chi connectivity index (χ3v) is 7.96. The molecule has 0 aromatic carbocycles. The van der Waals surface area contributed by atoms with E-state index in [-0.39, 0.29) is 22.5 Å². The fourth-order valence-electron chi connectivity index (χ4n) is 4.94. The van der Waals surface area contributed by atoms with Crippen molar-refractivity contribution in [2.24, 2.45) is 10.4 Å². The Morgan fingerprint density at radius 1 is 1.35 bits per heavy atom. The number of halogens is 2. The lowest BCUT2D eigenvalue weighted by Crippen LogP contribution is -2.71. The van der Waals surface area contributed by atoms with E-state index < -0.39 is 18.1 Å². The van der Waals surface area contributed by atoms with Gasteiger partial charge in [-0.15, -0.1) is 11.3 Å². The standard InChI is InChI=1S/C22H25F2N5O4S/c1-20-10-21(6-3-7-21)32-12-22(20,29-19(25-2)31-11-20)17-28-15(9-34-17)27-16(30)14-5-4-13(8-26-14)33-18(23)24/h4-5,8-9,18H,3,6-7,10-12H2,1-2H3,(H,25,29)(H,27,30)/t20?,22-/m1/s1. The Labute approximate surface area is 198 Å². The molecule has 1 spiro atoms. The second-order valence-corrected chi connectivity index (χ2v) is 10.0. The molecular formula is C22H25F2N5O4S. The number of anilines is 1. The minimum atomic E-state index is -2.96. The number of hydrogen-bond donors (Lipinski definition) is 2. The smallest absolute Gasteiger partial charge is 0.387 e. The van der Waals surface area contributed by atoms with E-state index in [2.05, 4.69) is 32.3 Å². The molecule has 2 aromatic rings. The number of amidine groups is 1. The van der Waals surface area contributed by atoms with Crippen LogP contribution in [0.15, 0.2) is 28.7 Å². The van der Waals surface area contributed by atoms with Crippen LogP contribution in [0.2, 0.25) is 0 Å². The number of alkyl halides is 2. The number of carbonyl (C=O) groups excluding carboxylic acids is 1. The molecule has 3 aliphatic rings. The monoisotopic (exact) mass is 493 g/mol. The summed E-state index contributed by atoms with van der Waals surface area (Å²) in [6.45, 7) is 0.123. The van der Waals surface area contributed by atoms with E-state index in [1.54, 1.807) is 12.4 Å². The molecular weight excluding hydrogens is 468 g/mol. The number of nitrogens with zero attached hydrogens (tertiary/aromatic N) is 3.